The molecule has 2 amide bonds. The molecule has 2 heterocycles. The molecule has 0 radical (unpaired) electrons. The molecule has 0 aliphatic heterocycles. The van der Waals surface area contributed by atoms with Crippen molar-refractivity contribution in [1.29, 1.82) is 0 Å². The number of primary amides is 1. The average Bonchev–Trinajstić information content (AvgIpc) is 2.88. The molecule has 25 heavy (non-hydrogen) atoms. The van der Waals surface area contributed by atoms with Gasteiger partial charge in [0, 0.05) is 17.6 Å². The number of hydrogen-bond acceptors (Lipinski definition) is 5. The molecule has 0 aliphatic carbocycles. The Morgan fingerprint density at radius 1 is 1.28 bits per heavy atom. The minimum absolute atomic E-state index is 0.157. The summed E-state index contributed by atoms with van der Waals surface area (Å²) in [7, 11) is 0. The predicted molar refractivity (Wildman–Crippen MR) is 92.4 cm³/mol. The van der Waals surface area contributed by atoms with E-state index in [-0.39, 0.29) is 5.56 Å². The molecule has 0 saturated heterocycles. The summed E-state index contributed by atoms with van der Waals surface area (Å²) in [6.45, 7) is 3.59. The van der Waals surface area contributed by atoms with E-state index in [0.717, 1.165) is 5.56 Å². The van der Waals surface area contributed by atoms with Crippen LogP contribution < -0.4 is 16.4 Å². The van der Waals surface area contributed by atoms with E-state index in [4.69, 9.17) is 5.73 Å². The van der Waals surface area contributed by atoms with Crippen molar-refractivity contribution in [1.82, 2.24) is 14.6 Å². The lowest BCUT2D eigenvalue weighted by Gasteiger charge is -2.12. The molecule has 3 rings (SSSR count). The summed E-state index contributed by atoms with van der Waals surface area (Å²) in [6, 6.07) is 4.61. The largest absolute Gasteiger partial charge is 0.478 e. The second kappa shape index (κ2) is 6.11. The third kappa shape index (κ3) is 3.07. The monoisotopic (exact) mass is 340 g/mol. The fourth-order valence-corrected chi connectivity index (χ4v) is 2.57. The van der Waals surface area contributed by atoms with E-state index in [2.05, 4.69) is 20.7 Å². The molecule has 0 spiro atoms. The first-order valence-electron chi connectivity index (χ1n) is 7.37. The molecule has 3 aromatic rings. The van der Waals surface area contributed by atoms with Crippen molar-refractivity contribution >= 4 is 34.7 Å². The smallest absolute Gasteiger partial charge is 0.337 e. The van der Waals surface area contributed by atoms with Gasteiger partial charge in [-0.2, -0.15) is 5.10 Å². The zero-order valence-electron chi connectivity index (χ0n) is 13.6. The highest BCUT2D eigenvalue weighted by atomic mass is 16.4. The minimum Gasteiger partial charge on any atom is -0.478 e. The molecular weight excluding hydrogens is 324 g/mol. The first-order chi connectivity index (χ1) is 11.9. The highest BCUT2D eigenvalue weighted by Crippen LogP contribution is 2.28. The Morgan fingerprint density at radius 3 is 2.72 bits per heavy atom. The molecule has 1 aromatic carbocycles. The van der Waals surface area contributed by atoms with Crippen molar-refractivity contribution in [3.63, 3.8) is 0 Å². The molecule has 0 bridgehead atoms. The van der Waals surface area contributed by atoms with Crippen LogP contribution in [-0.2, 0) is 0 Å². The molecule has 128 valence electrons. The predicted octanol–water partition coefficient (Wildman–Crippen LogP) is 2.28. The Bertz CT molecular complexity index is 995. The van der Waals surface area contributed by atoms with E-state index >= 15 is 0 Å². The molecule has 9 heteroatoms. The quantitative estimate of drug-likeness (QED) is 0.575. The summed E-state index contributed by atoms with van der Waals surface area (Å²) >= 11 is 0. The standard InChI is InChI=1S/C16H16N6O3/c1-8-3-4-10(20-16(17)25)5-12(8)21-14-13-9(2)11(15(23)24)6-22(13)19-7-18-14/h3-7H,1-2H3,(H,23,24)(H3,17,20,25)(H,18,19,21). The van der Waals surface area contributed by atoms with Gasteiger partial charge in [0.2, 0.25) is 0 Å². The number of amides is 2. The van der Waals surface area contributed by atoms with Gasteiger partial charge < -0.3 is 21.5 Å². The van der Waals surface area contributed by atoms with Crippen LogP contribution in [0.4, 0.5) is 22.0 Å². The van der Waals surface area contributed by atoms with Crippen molar-refractivity contribution in [2.24, 2.45) is 5.73 Å². The number of aromatic nitrogens is 3. The normalized spacial score (nSPS) is 10.6. The van der Waals surface area contributed by atoms with Crippen LogP contribution in [0.25, 0.3) is 5.52 Å². The second-order valence-electron chi connectivity index (χ2n) is 5.52. The SMILES string of the molecule is Cc1ccc(NC(N)=O)cc1Nc1ncnn2cc(C(=O)O)c(C)c12. The number of carboxylic acids is 1. The molecule has 0 unspecified atom stereocenters. The number of nitrogens with zero attached hydrogens (tertiary/aromatic N) is 3. The summed E-state index contributed by atoms with van der Waals surface area (Å²) in [6.07, 6.45) is 2.78. The molecule has 9 nitrogen and oxygen atoms in total. The van der Waals surface area contributed by atoms with Gasteiger partial charge in [0.15, 0.2) is 5.82 Å². The third-order valence-corrected chi connectivity index (χ3v) is 3.82. The number of nitrogens with two attached hydrogens (primary N) is 1. The van der Waals surface area contributed by atoms with Gasteiger partial charge in [-0.15, -0.1) is 0 Å². The first kappa shape index (κ1) is 16.2. The maximum Gasteiger partial charge on any atom is 0.337 e. The number of nitrogens with one attached hydrogen (secondary N) is 2. The van der Waals surface area contributed by atoms with Gasteiger partial charge in [-0.05, 0) is 37.1 Å². The minimum atomic E-state index is -1.03. The van der Waals surface area contributed by atoms with Crippen LogP contribution in [0.3, 0.4) is 0 Å². The van der Waals surface area contributed by atoms with E-state index in [1.807, 2.05) is 13.0 Å². The van der Waals surface area contributed by atoms with E-state index < -0.39 is 12.0 Å². The zero-order valence-corrected chi connectivity index (χ0v) is 13.6. The Balaban J connectivity index is 2.06. The van der Waals surface area contributed by atoms with Gasteiger partial charge >= 0.3 is 12.0 Å². The lowest BCUT2D eigenvalue weighted by molar-refractivity contribution is 0.0696. The van der Waals surface area contributed by atoms with Crippen LogP contribution in [-0.4, -0.2) is 31.7 Å². The number of anilines is 3. The summed E-state index contributed by atoms with van der Waals surface area (Å²) in [5.41, 5.74) is 8.56. The van der Waals surface area contributed by atoms with Crippen LogP contribution in [0.2, 0.25) is 0 Å². The number of carboxylic acid groups (broad SMARTS) is 1. The highest BCUT2D eigenvalue weighted by molar-refractivity contribution is 5.94. The number of hydrogen-bond donors (Lipinski definition) is 4. The highest BCUT2D eigenvalue weighted by Gasteiger charge is 2.17. The van der Waals surface area contributed by atoms with Crippen molar-refractivity contribution in [2.75, 3.05) is 10.6 Å². The maximum absolute atomic E-state index is 11.3. The Kier molecular flexibility index (Phi) is 3.97. The van der Waals surface area contributed by atoms with Crippen LogP contribution in [0.5, 0.6) is 0 Å². The van der Waals surface area contributed by atoms with Gasteiger partial charge in [0.1, 0.15) is 11.8 Å². The Morgan fingerprint density at radius 2 is 2.04 bits per heavy atom. The average molecular weight is 340 g/mol. The van der Waals surface area contributed by atoms with Gasteiger partial charge in [-0.25, -0.2) is 19.1 Å². The maximum atomic E-state index is 11.3. The fraction of sp³-hybridized carbons (Fsp3) is 0.125. The number of aromatic carboxylic acids is 1. The lowest BCUT2D eigenvalue weighted by atomic mass is 10.1. The fourth-order valence-electron chi connectivity index (χ4n) is 2.57. The van der Waals surface area contributed by atoms with E-state index in [1.165, 1.54) is 17.0 Å². The first-order valence-corrected chi connectivity index (χ1v) is 7.37. The van der Waals surface area contributed by atoms with Crippen LogP contribution >= 0.6 is 0 Å². The zero-order chi connectivity index (χ0) is 18.1. The Labute approximate surface area is 142 Å². The molecule has 0 aliphatic rings. The topological polar surface area (TPSA) is 135 Å². The number of aryl methyl sites for hydroxylation is 2. The molecule has 0 fully saturated rings. The van der Waals surface area contributed by atoms with Crippen molar-refractivity contribution in [3.8, 4) is 0 Å². The molecule has 5 N–H and O–H groups in total. The third-order valence-electron chi connectivity index (χ3n) is 3.82. The van der Waals surface area contributed by atoms with E-state index in [1.54, 1.807) is 19.1 Å². The van der Waals surface area contributed by atoms with Crippen LogP contribution in [0, 0.1) is 13.8 Å². The summed E-state index contributed by atoms with van der Waals surface area (Å²) in [4.78, 5) is 26.6. The van der Waals surface area contributed by atoms with E-state index in [0.29, 0.717) is 28.3 Å². The summed E-state index contributed by atoms with van der Waals surface area (Å²) in [5.74, 6) is -0.572. The van der Waals surface area contributed by atoms with Crippen molar-refractivity contribution < 1.29 is 14.7 Å². The number of carbonyl (C=O) groups is 2. The summed E-state index contributed by atoms with van der Waals surface area (Å²) in [5, 5.41) is 19.0. The van der Waals surface area contributed by atoms with Gasteiger partial charge in [-0.3, -0.25) is 0 Å². The van der Waals surface area contributed by atoms with Gasteiger partial charge in [0.25, 0.3) is 0 Å². The number of carbonyl (C=O) groups excluding carboxylic acids is 1. The van der Waals surface area contributed by atoms with Gasteiger partial charge in [0.05, 0.1) is 5.56 Å². The number of urea groups is 1. The molecule has 0 saturated carbocycles. The molecule has 2 aromatic heterocycles. The summed E-state index contributed by atoms with van der Waals surface area (Å²) < 4.78 is 1.47. The van der Waals surface area contributed by atoms with Crippen molar-refractivity contribution in [2.45, 2.75) is 13.8 Å². The van der Waals surface area contributed by atoms with Crippen LogP contribution in [0.1, 0.15) is 21.5 Å². The van der Waals surface area contributed by atoms with Gasteiger partial charge in [-0.1, -0.05) is 6.07 Å². The van der Waals surface area contributed by atoms with Crippen molar-refractivity contribution in [3.05, 3.63) is 47.4 Å². The molecule has 0 atom stereocenters. The molecular formula is C16H16N6O3. The van der Waals surface area contributed by atoms with Crippen LogP contribution in [0.15, 0.2) is 30.7 Å². The number of benzene rings is 1. The number of rotatable bonds is 4. The van der Waals surface area contributed by atoms with E-state index in [9.17, 15) is 14.7 Å². The number of fused-ring (bicyclic) bond motifs is 1. The lowest BCUT2D eigenvalue weighted by Crippen LogP contribution is -2.19. The Hall–Kier alpha value is -3.62. The second-order valence-corrected chi connectivity index (χ2v) is 5.52.